The number of aliphatic imine (C=N–C) groups is 1. The smallest absolute Gasteiger partial charge is 0.257 e. The van der Waals surface area contributed by atoms with Crippen molar-refractivity contribution < 1.29 is 33.7 Å². The lowest BCUT2D eigenvalue weighted by molar-refractivity contribution is -0.158. The Labute approximate surface area is 228 Å². The molecule has 2 aliphatic rings. The first-order chi connectivity index (χ1) is 19.2. The van der Waals surface area contributed by atoms with Gasteiger partial charge in [0.05, 0.1) is 42.0 Å². The number of rotatable bonds is 7. The minimum Gasteiger partial charge on any atom is -0.478 e. The molecule has 3 aromatic rings. The quantitative estimate of drug-likeness (QED) is 0.247. The summed E-state index contributed by atoms with van der Waals surface area (Å²) in [5.74, 6) is 0.103. The van der Waals surface area contributed by atoms with Crippen LogP contribution in [-0.2, 0) is 20.7 Å². The van der Waals surface area contributed by atoms with E-state index in [4.69, 9.17) is 35.5 Å². The molecule has 212 valence electrons. The molecule has 0 aliphatic carbocycles. The third kappa shape index (κ3) is 5.24. The Hall–Kier alpha value is -4.02. The van der Waals surface area contributed by atoms with E-state index in [0.717, 1.165) is 0 Å². The molecule has 14 nitrogen and oxygen atoms in total. The molecule has 1 aromatic carbocycles. The number of fused-ring (bicyclic) bond motifs is 1. The Morgan fingerprint density at radius 2 is 1.95 bits per heavy atom. The number of halogens is 1. The van der Waals surface area contributed by atoms with Crippen molar-refractivity contribution in [3.8, 4) is 17.1 Å². The molecule has 1 fully saturated rings. The van der Waals surface area contributed by atoms with Crippen molar-refractivity contribution >= 4 is 17.6 Å². The molecule has 4 heterocycles. The first-order valence-electron chi connectivity index (χ1n) is 12.3. The maximum atomic E-state index is 14.4. The van der Waals surface area contributed by atoms with Gasteiger partial charge in [0.2, 0.25) is 5.95 Å². The molecule has 0 amide bonds. The molecule has 15 heteroatoms. The van der Waals surface area contributed by atoms with Crippen molar-refractivity contribution in [1.82, 2.24) is 25.4 Å². The number of nitrogens with zero attached hydrogens (tertiary/aromatic N) is 5. The van der Waals surface area contributed by atoms with Crippen molar-refractivity contribution in [1.29, 1.82) is 0 Å². The molecule has 5 atom stereocenters. The first-order valence-corrected chi connectivity index (χ1v) is 12.3. The third-order valence-electron chi connectivity index (χ3n) is 6.67. The summed E-state index contributed by atoms with van der Waals surface area (Å²) in [7, 11) is 2.77. The van der Waals surface area contributed by atoms with Gasteiger partial charge in [-0.05, 0) is 24.6 Å². The average molecular weight is 557 g/mol. The fraction of sp³-hybridized carbons (Fsp3) is 0.400. The fourth-order valence-corrected chi connectivity index (χ4v) is 4.76. The zero-order valence-corrected chi connectivity index (χ0v) is 21.9. The minimum atomic E-state index is -1.22. The number of aliphatic hydroxyl groups is 2. The van der Waals surface area contributed by atoms with Crippen LogP contribution in [0.1, 0.15) is 28.6 Å². The molecule has 0 radical (unpaired) electrons. The molecule has 0 saturated carbocycles. The third-order valence-corrected chi connectivity index (χ3v) is 6.67. The lowest BCUT2D eigenvalue weighted by Crippen LogP contribution is -2.38. The number of methoxy groups -OCH3 is 2. The number of hydrogen-bond acceptors (Lipinski definition) is 14. The summed E-state index contributed by atoms with van der Waals surface area (Å²) in [5.41, 5.74) is 17.7. The Morgan fingerprint density at radius 1 is 1.15 bits per heavy atom. The topological polar surface area (TPSA) is 205 Å². The van der Waals surface area contributed by atoms with Crippen LogP contribution in [0.5, 0.6) is 5.88 Å². The van der Waals surface area contributed by atoms with Crippen molar-refractivity contribution in [2.24, 2.45) is 4.99 Å². The van der Waals surface area contributed by atoms with Crippen LogP contribution >= 0.6 is 0 Å². The monoisotopic (exact) mass is 556 g/mol. The molecule has 40 heavy (non-hydrogen) atoms. The van der Waals surface area contributed by atoms with Crippen LogP contribution in [0.4, 0.5) is 16.2 Å². The van der Waals surface area contributed by atoms with Gasteiger partial charge in [0.25, 0.3) is 5.88 Å². The summed E-state index contributed by atoms with van der Waals surface area (Å²) in [6.07, 6.45) is -2.54. The number of anilines is 2. The number of hydrogen-bond donors (Lipinski definition) is 5. The van der Waals surface area contributed by atoms with Gasteiger partial charge in [-0.2, -0.15) is 0 Å². The van der Waals surface area contributed by atoms with Crippen molar-refractivity contribution in [2.45, 2.75) is 44.0 Å². The van der Waals surface area contributed by atoms with Crippen LogP contribution in [0.25, 0.3) is 11.3 Å². The maximum Gasteiger partial charge on any atom is 0.257 e. The minimum absolute atomic E-state index is 0.0905. The molecule has 2 aliphatic heterocycles. The van der Waals surface area contributed by atoms with E-state index < -0.39 is 36.5 Å². The average Bonchev–Trinajstić information content (AvgIpc) is 3.20. The predicted molar refractivity (Wildman–Crippen MR) is 139 cm³/mol. The first kappa shape index (κ1) is 27.5. The standard InChI is InChI=1S/C25H29FN8O6/c1-10-18-15(33-25(28)30-10)7-14(31-22(18)34-39-9-17-19(35)20(36)24(38-3)40-17)12-5-4-11(26)6-13(12)16-8-29-21(27)23(32-16)37-2/h4-6,8,14,17,19-20,24,35-36H,7,9H2,1-3H3,(H2,27,29)(H,31,34)(H2,28,30,33)/t14-,17?,19?,20?,24?/m1/s1. The van der Waals surface area contributed by atoms with E-state index in [9.17, 15) is 14.6 Å². The largest absolute Gasteiger partial charge is 0.478 e. The molecule has 5 rings (SSSR count). The van der Waals surface area contributed by atoms with Crippen LogP contribution < -0.4 is 21.7 Å². The number of aryl methyl sites for hydroxylation is 1. The molecule has 4 unspecified atom stereocenters. The number of benzene rings is 1. The molecule has 0 bridgehead atoms. The molecule has 7 N–H and O–H groups in total. The van der Waals surface area contributed by atoms with Gasteiger partial charge >= 0.3 is 0 Å². The van der Waals surface area contributed by atoms with E-state index in [1.54, 1.807) is 13.0 Å². The zero-order chi connectivity index (χ0) is 28.6. The summed E-state index contributed by atoms with van der Waals surface area (Å²) >= 11 is 0. The van der Waals surface area contributed by atoms with Crippen molar-refractivity contribution in [3.05, 3.63) is 52.7 Å². The molecule has 2 aromatic heterocycles. The summed E-state index contributed by atoms with van der Waals surface area (Å²) in [6.45, 7) is 1.62. The summed E-state index contributed by atoms with van der Waals surface area (Å²) in [6, 6.07) is 3.70. The number of ether oxygens (including phenoxy) is 3. The van der Waals surface area contributed by atoms with E-state index in [2.05, 4.69) is 25.4 Å². The van der Waals surface area contributed by atoms with Gasteiger partial charge in [0, 0.05) is 19.1 Å². The molecule has 1 saturated heterocycles. The number of nitrogens with one attached hydrogen (secondary N) is 1. The number of amidine groups is 1. The van der Waals surface area contributed by atoms with Gasteiger partial charge < -0.3 is 35.9 Å². The molecular formula is C25H29FN8O6. The van der Waals surface area contributed by atoms with E-state index >= 15 is 0 Å². The normalized spacial score (nSPS) is 23.9. The van der Waals surface area contributed by atoms with Crippen molar-refractivity contribution in [2.75, 3.05) is 32.3 Å². The number of aliphatic hydroxyl groups excluding tert-OH is 2. The summed E-state index contributed by atoms with van der Waals surface area (Å²) < 4.78 is 30.2. The highest BCUT2D eigenvalue weighted by atomic mass is 19.1. The Bertz CT molecular complexity index is 1440. The second kappa shape index (κ2) is 11.2. The van der Waals surface area contributed by atoms with Crippen LogP contribution in [-0.4, -0.2) is 81.4 Å². The SMILES string of the molecule is COc1nc(-c2cc(F)ccc2[C@H]2Cc3nc(N)nc(C)c3C(NOCC3OC(OC)C(O)C3O)=N2)cnc1N. The number of aromatic nitrogens is 4. The number of nitrogens with two attached hydrogens (primary N) is 2. The molecular weight excluding hydrogens is 527 g/mol. The van der Waals surface area contributed by atoms with Crippen LogP contribution in [0.15, 0.2) is 29.4 Å². The van der Waals surface area contributed by atoms with Gasteiger partial charge in [0.1, 0.15) is 30.7 Å². The Kier molecular flexibility index (Phi) is 7.73. The highest BCUT2D eigenvalue weighted by Gasteiger charge is 2.43. The number of hydroxylamine groups is 1. The molecule has 0 spiro atoms. The van der Waals surface area contributed by atoms with Crippen LogP contribution in [0.3, 0.4) is 0 Å². The highest BCUT2D eigenvalue weighted by Crippen LogP contribution is 2.36. The summed E-state index contributed by atoms with van der Waals surface area (Å²) in [5, 5.41) is 20.3. The van der Waals surface area contributed by atoms with Gasteiger partial charge in [-0.25, -0.2) is 29.8 Å². The maximum absolute atomic E-state index is 14.4. The lowest BCUT2D eigenvalue weighted by Gasteiger charge is -2.26. The lowest BCUT2D eigenvalue weighted by atomic mass is 9.91. The Balaban J connectivity index is 1.48. The van der Waals surface area contributed by atoms with E-state index in [0.29, 0.717) is 40.2 Å². The van der Waals surface area contributed by atoms with Crippen LogP contribution in [0, 0.1) is 12.7 Å². The summed E-state index contributed by atoms with van der Waals surface area (Å²) in [4.78, 5) is 27.7. The van der Waals surface area contributed by atoms with E-state index in [1.165, 1.54) is 32.5 Å². The second-order valence-corrected chi connectivity index (χ2v) is 9.24. The fourth-order valence-electron chi connectivity index (χ4n) is 4.76. The van der Waals surface area contributed by atoms with E-state index in [1.807, 2.05) is 0 Å². The number of nitrogen functional groups attached to an aromatic ring is 2. The zero-order valence-electron chi connectivity index (χ0n) is 21.9. The van der Waals surface area contributed by atoms with Gasteiger partial charge in [-0.3, -0.25) is 9.83 Å². The van der Waals surface area contributed by atoms with Gasteiger partial charge in [-0.15, -0.1) is 0 Å². The predicted octanol–water partition coefficient (Wildman–Crippen LogP) is 0.212. The van der Waals surface area contributed by atoms with Gasteiger partial charge in [-0.1, -0.05) is 6.07 Å². The van der Waals surface area contributed by atoms with Crippen molar-refractivity contribution in [3.63, 3.8) is 0 Å². The second-order valence-electron chi connectivity index (χ2n) is 9.24. The van der Waals surface area contributed by atoms with E-state index in [-0.39, 0.29) is 30.1 Å². The van der Waals surface area contributed by atoms with Gasteiger partial charge in [0.15, 0.2) is 17.9 Å². The Morgan fingerprint density at radius 3 is 2.67 bits per heavy atom. The van der Waals surface area contributed by atoms with Crippen LogP contribution in [0.2, 0.25) is 0 Å². The highest BCUT2D eigenvalue weighted by molar-refractivity contribution is 6.01.